The number of benzene rings is 1. The van der Waals surface area contributed by atoms with Gasteiger partial charge in [0, 0.05) is 11.6 Å². The molecule has 1 aromatic carbocycles. The van der Waals surface area contributed by atoms with E-state index in [2.05, 4.69) is 22.5 Å². The molecule has 1 aromatic heterocycles. The number of unbranched alkanes of at least 4 members (excludes halogenated alkanes) is 3. The molecule has 25 heavy (non-hydrogen) atoms. The molecule has 2 aromatic rings. The standard InChI is InChI=1S/C17H20Cl3N3OS/c1-3-4-5-6-7-21-16(24)15-10(2)22-17(25-15)23-14-12(19)8-11(18)9-13(14)20/h8-9H,3-7H2,1-2H3,(H,21,24)(H,22,23). The summed E-state index contributed by atoms with van der Waals surface area (Å²) in [7, 11) is 0. The molecule has 0 unspecified atom stereocenters. The van der Waals surface area contributed by atoms with Gasteiger partial charge in [-0.25, -0.2) is 4.98 Å². The van der Waals surface area contributed by atoms with E-state index in [0.29, 0.717) is 43.0 Å². The van der Waals surface area contributed by atoms with Gasteiger partial charge in [0.25, 0.3) is 5.91 Å². The molecule has 0 aliphatic heterocycles. The van der Waals surface area contributed by atoms with E-state index in [1.54, 1.807) is 19.1 Å². The first-order valence-corrected chi connectivity index (χ1v) is 10.0. The zero-order valence-corrected chi connectivity index (χ0v) is 17.2. The number of nitrogens with one attached hydrogen (secondary N) is 2. The highest BCUT2D eigenvalue weighted by molar-refractivity contribution is 7.17. The zero-order chi connectivity index (χ0) is 18.4. The lowest BCUT2D eigenvalue weighted by Crippen LogP contribution is -2.24. The van der Waals surface area contributed by atoms with Crippen LogP contribution in [0.4, 0.5) is 10.8 Å². The molecule has 0 atom stereocenters. The molecule has 0 radical (unpaired) electrons. The zero-order valence-electron chi connectivity index (χ0n) is 14.1. The van der Waals surface area contributed by atoms with Crippen LogP contribution >= 0.6 is 46.1 Å². The number of carbonyl (C=O) groups excluding carboxylic acids is 1. The third-order valence-electron chi connectivity index (χ3n) is 3.56. The lowest BCUT2D eigenvalue weighted by molar-refractivity contribution is 0.0956. The summed E-state index contributed by atoms with van der Waals surface area (Å²) in [4.78, 5) is 17.3. The molecular formula is C17H20Cl3N3OS. The highest BCUT2D eigenvalue weighted by Gasteiger charge is 2.17. The molecule has 4 nitrogen and oxygen atoms in total. The van der Waals surface area contributed by atoms with Crippen molar-refractivity contribution in [1.82, 2.24) is 10.3 Å². The van der Waals surface area contributed by atoms with Crippen LogP contribution in [0.2, 0.25) is 15.1 Å². The van der Waals surface area contributed by atoms with Gasteiger partial charge in [-0.1, -0.05) is 72.3 Å². The van der Waals surface area contributed by atoms with Crippen LogP contribution in [0.5, 0.6) is 0 Å². The molecule has 1 amide bonds. The van der Waals surface area contributed by atoms with Crippen molar-refractivity contribution >= 4 is 62.9 Å². The number of hydrogen-bond donors (Lipinski definition) is 2. The third kappa shape index (κ3) is 5.74. The van der Waals surface area contributed by atoms with Gasteiger partial charge in [-0.2, -0.15) is 0 Å². The maximum Gasteiger partial charge on any atom is 0.263 e. The van der Waals surface area contributed by atoms with E-state index in [9.17, 15) is 4.79 Å². The van der Waals surface area contributed by atoms with E-state index in [1.165, 1.54) is 24.2 Å². The number of halogens is 3. The lowest BCUT2D eigenvalue weighted by atomic mass is 10.2. The first-order valence-electron chi connectivity index (χ1n) is 8.09. The summed E-state index contributed by atoms with van der Waals surface area (Å²) in [5.74, 6) is -0.104. The van der Waals surface area contributed by atoms with E-state index < -0.39 is 0 Å². The molecule has 0 fully saturated rings. The molecule has 2 rings (SSSR count). The summed E-state index contributed by atoms with van der Waals surface area (Å²) >= 11 is 19.5. The summed E-state index contributed by atoms with van der Waals surface area (Å²) in [5, 5.41) is 7.82. The van der Waals surface area contributed by atoms with Gasteiger partial charge in [-0.05, 0) is 25.5 Å². The van der Waals surface area contributed by atoms with Crippen LogP contribution in [0, 0.1) is 6.92 Å². The number of nitrogens with zero attached hydrogens (tertiary/aromatic N) is 1. The van der Waals surface area contributed by atoms with Crippen molar-refractivity contribution in [3.63, 3.8) is 0 Å². The minimum Gasteiger partial charge on any atom is -0.351 e. The Labute approximate surface area is 166 Å². The Balaban J connectivity index is 2.03. The highest BCUT2D eigenvalue weighted by atomic mass is 35.5. The van der Waals surface area contributed by atoms with E-state index >= 15 is 0 Å². The molecule has 0 aliphatic carbocycles. The van der Waals surface area contributed by atoms with Crippen LogP contribution < -0.4 is 10.6 Å². The van der Waals surface area contributed by atoms with Gasteiger partial charge in [0.1, 0.15) is 4.88 Å². The number of aromatic nitrogens is 1. The Morgan fingerprint density at radius 2 is 1.84 bits per heavy atom. The monoisotopic (exact) mass is 419 g/mol. The van der Waals surface area contributed by atoms with E-state index in [-0.39, 0.29) is 5.91 Å². The van der Waals surface area contributed by atoms with Crippen LogP contribution in [-0.4, -0.2) is 17.4 Å². The summed E-state index contributed by atoms with van der Waals surface area (Å²) in [6.07, 6.45) is 4.47. The number of hydrogen-bond acceptors (Lipinski definition) is 4. The number of rotatable bonds is 8. The lowest BCUT2D eigenvalue weighted by Gasteiger charge is -2.08. The van der Waals surface area contributed by atoms with Crippen molar-refractivity contribution < 1.29 is 4.79 Å². The first kappa shape index (κ1) is 20.3. The third-order valence-corrected chi connectivity index (χ3v) is 5.44. The molecular weight excluding hydrogens is 401 g/mol. The van der Waals surface area contributed by atoms with Gasteiger partial charge in [0.05, 0.1) is 21.4 Å². The summed E-state index contributed by atoms with van der Waals surface area (Å²) in [6, 6.07) is 3.20. The summed E-state index contributed by atoms with van der Waals surface area (Å²) in [5.41, 5.74) is 1.19. The van der Waals surface area contributed by atoms with Crippen LogP contribution in [0.3, 0.4) is 0 Å². The molecule has 0 saturated carbocycles. The fourth-order valence-electron chi connectivity index (χ4n) is 2.26. The Bertz CT molecular complexity index is 726. The van der Waals surface area contributed by atoms with Crippen LogP contribution in [-0.2, 0) is 0 Å². The number of carbonyl (C=O) groups is 1. The number of aryl methyl sites for hydroxylation is 1. The predicted octanol–water partition coefficient (Wildman–Crippen LogP) is 6.47. The minimum atomic E-state index is -0.104. The summed E-state index contributed by atoms with van der Waals surface area (Å²) in [6.45, 7) is 4.64. The fourth-order valence-corrected chi connectivity index (χ4v) is 4.06. The van der Waals surface area contributed by atoms with Gasteiger partial charge in [-0.3, -0.25) is 4.79 Å². The molecule has 0 aliphatic rings. The second-order valence-electron chi connectivity index (χ2n) is 5.62. The molecule has 8 heteroatoms. The van der Waals surface area contributed by atoms with Crippen molar-refractivity contribution in [1.29, 1.82) is 0 Å². The van der Waals surface area contributed by atoms with Crippen molar-refractivity contribution in [2.45, 2.75) is 39.5 Å². The van der Waals surface area contributed by atoms with Crippen molar-refractivity contribution in [2.75, 3.05) is 11.9 Å². The second kappa shape index (κ2) is 9.62. The normalized spacial score (nSPS) is 10.8. The molecule has 1 heterocycles. The Kier molecular flexibility index (Phi) is 7.81. The minimum absolute atomic E-state index is 0.104. The largest absolute Gasteiger partial charge is 0.351 e. The highest BCUT2D eigenvalue weighted by Crippen LogP contribution is 2.37. The number of thiazole rings is 1. The van der Waals surface area contributed by atoms with Gasteiger partial charge in [0.2, 0.25) is 0 Å². The van der Waals surface area contributed by atoms with Crippen LogP contribution in [0.25, 0.3) is 0 Å². The SMILES string of the molecule is CCCCCCNC(=O)c1sc(Nc2c(Cl)cc(Cl)cc2Cl)nc1C. The maximum atomic E-state index is 12.3. The van der Waals surface area contributed by atoms with Crippen molar-refractivity contribution in [2.24, 2.45) is 0 Å². The first-order chi connectivity index (χ1) is 11.9. The van der Waals surface area contributed by atoms with Gasteiger partial charge in [-0.15, -0.1) is 0 Å². The van der Waals surface area contributed by atoms with E-state index in [4.69, 9.17) is 34.8 Å². The topological polar surface area (TPSA) is 54.0 Å². The molecule has 0 bridgehead atoms. The number of anilines is 2. The van der Waals surface area contributed by atoms with Crippen LogP contribution in [0.15, 0.2) is 12.1 Å². The van der Waals surface area contributed by atoms with Gasteiger partial charge >= 0.3 is 0 Å². The van der Waals surface area contributed by atoms with Crippen molar-refractivity contribution in [3.8, 4) is 0 Å². The van der Waals surface area contributed by atoms with Gasteiger partial charge in [0.15, 0.2) is 5.13 Å². The van der Waals surface area contributed by atoms with Crippen LogP contribution in [0.1, 0.15) is 48.0 Å². The molecule has 0 saturated heterocycles. The maximum absolute atomic E-state index is 12.3. The second-order valence-corrected chi connectivity index (χ2v) is 7.87. The average Bonchev–Trinajstić information content (AvgIpc) is 2.91. The Morgan fingerprint density at radius 3 is 2.48 bits per heavy atom. The van der Waals surface area contributed by atoms with Gasteiger partial charge < -0.3 is 10.6 Å². The fraction of sp³-hybridized carbons (Fsp3) is 0.412. The average molecular weight is 421 g/mol. The van der Waals surface area contributed by atoms with Crippen molar-refractivity contribution in [3.05, 3.63) is 37.8 Å². The Hall–Kier alpha value is -1.01. The van der Waals surface area contributed by atoms with E-state index in [1.807, 2.05) is 0 Å². The molecule has 2 N–H and O–H groups in total. The predicted molar refractivity (Wildman–Crippen MR) is 108 cm³/mol. The van der Waals surface area contributed by atoms with E-state index in [0.717, 1.165) is 12.8 Å². The molecule has 136 valence electrons. The summed E-state index contributed by atoms with van der Waals surface area (Å²) < 4.78 is 0. The smallest absolute Gasteiger partial charge is 0.263 e. The Morgan fingerprint density at radius 1 is 1.16 bits per heavy atom. The quantitative estimate of drug-likeness (QED) is 0.481. The number of amides is 1. The molecule has 0 spiro atoms.